The highest BCUT2D eigenvalue weighted by atomic mass is 35.5. The average molecular weight is 197 g/mol. The highest BCUT2D eigenvalue weighted by Crippen LogP contribution is 2.17. The van der Waals surface area contributed by atoms with E-state index in [-0.39, 0.29) is 0 Å². The van der Waals surface area contributed by atoms with Crippen LogP contribution in [0.1, 0.15) is 0 Å². The summed E-state index contributed by atoms with van der Waals surface area (Å²) in [6, 6.07) is 3.67. The molecule has 0 saturated carbocycles. The minimum atomic E-state index is 0.647. The van der Waals surface area contributed by atoms with E-state index in [1.165, 1.54) is 0 Å². The molecule has 2 nitrogen and oxygen atoms in total. The van der Waals surface area contributed by atoms with Gasteiger partial charge in [0, 0.05) is 11.6 Å². The Kier molecular flexibility index (Phi) is 2.06. The molecule has 0 N–H and O–H groups in total. The second-order valence-electron chi connectivity index (χ2n) is 2.24. The van der Waals surface area contributed by atoms with E-state index in [0.29, 0.717) is 5.02 Å². The fourth-order valence-corrected chi connectivity index (χ4v) is 1.52. The molecule has 0 atom stereocenters. The first-order chi connectivity index (χ1) is 5.86. The van der Waals surface area contributed by atoms with Gasteiger partial charge in [0.1, 0.15) is 0 Å². The normalized spacial score (nSPS) is 10.1. The average Bonchev–Trinajstić information content (AvgIpc) is 2.58. The molecular formula is C8H5ClN2S. The van der Waals surface area contributed by atoms with Crippen molar-refractivity contribution < 1.29 is 0 Å². The van der Waals surface area contributed by atoms with Crippen molar-refractivity contribution in [3.8, 4) is 11.4 Å². The van der Waals surface area contributed by atoms with Crippen molar-refractivity contribution >= 4 is 22.9 Å². The highest BCUT2D eigenvalue weighted by molar-refractivity contribution is 7.07. The van der Waals surface area contributed by atoms with Gasteiger partial charge in [-0.25, -0.2) is 4.98 Å². The quantitative estimate of drug-likeness (QED) is 0.701. The molecule has 0 spiro atoms. The van der Waals surface area contributed by atoms with Gasteiger partial charge in [0.25, 0.3) is 0 Å². The topological polar surface area (TPSA) is 25.8 Å². The molecule has 0 aliphatic rings. The third kappa shape index (κ3) is 1.47. The molecule has 0 bridgehead atoms. The van der Waals surface area contributed by atoms with Gasteiger partial charge in [0.15, 0.2) is 0 Å². The first kappa shape index (κ1) is 7.71. The van der Waals surface area contributed by atoms with Crippen LogP contribution in [0.25, 0.3) is 11.4 Å². The Balaban J connectivity index is 2.43. The molecule has 2 heterocycles. The summed E-state index contributed by atoms with van der Waals surface area (Å²) in [7, 11) is 0. The Morgan fingerprint density at radius 3 is 2.67 bits per heavy atom. The lowest BCUT2D eigenvalue weighted by atomic mass is 10.3. The lowest BCUT2D eigenvalue weighted by Gasteiger charge is -1.93. The van der Waals surface area contributed by atoms with Crippen LogP contribution in [-0.2, 0) is 0 Å². The number of hydrogen-bond acceptors (Lipinski definition) is 3. The number of halogens is 1. The van der Waals surface area contributed by atoms with Gasteiger partial charge in [0.05, 0.1) is 21.9 Å². The van der Waals surface area contributed by atoms with E-state index in [1.54, 1.807) is 23.0 Å². The van der Waals surface area contributed by atoms with Gasteiger partial charge in [-0.05, 0) is 12.1 Å². The zero-order chi connectivity index (χ0) is 8.39. The molecule has 60 valence electrons. The molecule has 2 aromatic heterocycles. The van der Waals surface area contributed by atoms with Crippen molar-refractivity contribution in [2.24, 2.45) is 0 Å². The highest BCUT2D eigenvalue weighted by Gasteiger charge is 1.99. The first-order valence-electron chi connectivity index (χ1n) is 3.36. The molecule has 2 rings (SSSR count). The lowest BCUT2D eigenvalue weighted by Crippen LogP contribution is -1.80. The third-order valence-electron chi connectivity index (χ3n) is 1.42. The van der Waals surface area contributed by atoms with E-state index in [0.717, 1.165) is 11.4 Å². The molecule has 4 heteroatoms. The van der Waals surface area contributed by atoms with Crippen LogP contribution in [0.15, 0.2) is 29.2 Å². The van der Waals surface area contributed by atoms with E-state index in [9.17, 15) is 0 Å². The maximum Gasteiger partial charge on any atom is 0.0995 e. The Morgan fingerprint density at radius 1 is 1.17 bits per heavy atom. The summed E-state index contributed by atoms with van der Waals surface area (Å²) in [5.74, 6) is 0. The first-order valence-corrected chi connectivity index (χ1v) is 4.68. The second kappa shape index (κ2) is 3.21. The second-order valence-corrected chi connectivity index (χ2v) is 3.39. The van der Waals surface area contributed by atoms with Crippen molar-refractivity contribution in [1.29, 1.82) is 0 Å². The van der Waals surface area contributed by atoms with Gasteiger partial charge in [-0.1, -0.05) is 11.6 Å². The zero-order valence-electron chi connectivity index (χ0n) is 6.07. The van der Waals surface area contributed by atoms with Crippen LogP contribution in [0, 0.1) is 0 Å². The van der Waals surface area contributed by atoms with Crippen LogP contribution in [0.4, 0.5) is 0 Å². The van der Waals surface area contributed by atoms with Crippen molar-refractivity contribution in [2.75, 3.05) is 0 Å². The molecular weight excluding hydrogens is 192 g/mol. The third-order valence-corrected chi connectivity index (χ3v) is 2.23. The number of rotatable bonds is 1. The minimum absolute atomic E-state index is 0.647. The van der Waals surface area contributed by atoms with Gasteiger partial charge in [-0.15, -0.1) is 11.3 Å². The van der Waals surface area contributed by atoms with Gasteiger partial charge < -0.3 is 0 Å². The summed E-state index contributed by atoms with van der Waals surface area (Å²) >= 11 is 7.25. The zero-order valence-corrected chi connectivity index (χ0v) is 7.64. The van der Waals surface area contributed by atoms with Gasteiger partial charge in [-0.3, -0.25) is 4.98 Å². The van der Waals surface area contributed by atoms with Crippen LogP contribution < -0.4 is 0 Å². The van der Waals surface area contributed by atoms with Crippen LogP contribution in [-0.4, -0.2) is 9.97 Å². The predicted molar refractivity (Wildman–Crippen MR) is 50.4 cm³/mol. The van der Waals surface area contributed by atoms with E-state index >= 15 is 0 Å². The molecule has 12 heavy (non-hydrogen) atoms. The number of nitrogens with zero attached hydrogens (tertiary/aromatic N) is 2. The molecule has 0 fully saturated rings. The number of aromatic nitrogens is 2. The Hall–Kier alpha value is -0.930. The fraction of sp³-hybridized carbons (Fsp3) is 0. The molecule has 0 aromatic carbocycles. The standard InChI is InChI=1S/C8H5ClN2S/c9-6-1-2-7(10-3-6)8-4-12-5-11-8/h1-5H. The van der Waals surface area contributed by atoms with E-state index in [1.807, 2.05) is 17.5 Å². The van der Waals surface area contributed by atoms with E-state index in [2.05, 4.69) is 9.97 Å². The van der Waals surface area contributed by atoms with E-state index < -0.39 is 0 Å². The minimum Gasteiger partial charge on any atom is -0.253 e. The number of pyridine rings is 1. The van der Waals surface area contributed by atoms with Crippen molar-refractivity contribution in [2.45, 2.75) is 0 Å². The summed E-state index contributed by atoms with van der Waals surface area (Å²) in [4.78, 5) is 8.26. The fourth-order valence-electron chi connectivity index (χ4n) is 0.866. The SMILES string of the molecule is Clc1ccc(-c2cscn2)nc1. The van der Waals surface area contributed by atoms with E-state index in [4.69, 9.17) is 11.6 Å². The Bertz CT molecular complexity index is 355. The molecule has 2 aromatic rings. The molecule has 0 aliphatic heterocycles. The van der Waals surface area contributed by atoms with Crippen LogP contribution in [0.2, 0.25) is 5.02 Å². The van der Waals surface area contributed by atoms with Crippen LogP contribution >= 0.6 is 22.9 Å². The van der Waals surface area contributed by atoms with Gasteiger partial charge in [0.2, 0.25) is 0 Å². The molecule has 0 amide bonds. The predicted octanol–water partition coefficient (Wildman–Crippen LogP) is 2.86. The number of thiazole rings is 1. The Morgan fingerprint density at radius 2 is 2.08 bits per heavy atom. The molecule has 0 saturated heterocycles. The van der Waals surface area contributed by atoms with Gasteiger partial charge in [-0.2, -0.15) is 0 Å². The van der Waals surface area contributed by atoms with Crippen molar-refractivity contribution in [3.63, 3.8) is 0 Å². The lowest BCUT2D eigenvalue weighted by molar-refractivity contribution is 1.28. The summed E-state index contributed by atoms with van der Waals surface area (Å²) in [6.45, 7) is 0. The molecule has 0 radical (unpaired) electrons. The molecule has 0 aliphatic carbocycles. The monoisotopic (exact) mass is 196 g/mol. The molecule has 0 unspecified atom stereocenters. The van der Waals surface area contributed by atoms with Gasteiger partial charge >= 0.3 is 0 Å². The van der Waals surface area contributed by atoms with Crippen LogP contribution in [0.3, 0.4) is 0 Å². The largest absolute Gasteiger partial charge is 0.253 e. The maximum atomic E-state index is 5.69. The number of hydrogen-bond donors (Lipinski definition) is 0. The summed E-state index contributed by atoms with van der Waals surface area (Å²) < 4.78 is 0. The Labute approximate surface area is 78.9 Å². The van der Waals surface area contributed by atoms with Crippen molar-refractivity contribution in [3.05, 3.63) is 34.2 Å². The van der Waals surface area contributed by atoms with Crippen LogP contribution in [0.5, 0.6) is 0 Å². The summed E-state index contributed by atoms with van der Waals surface area (Å²) in [5.41, 5.74) is 3.54. The maximum absolute atomic E-state index is 5.69. The summed E-state index contributed by atoms with van der Waals surface area (Å²) in [6.07, 6.45) is 1.62. The van der Waals surface area contributed by atoms with Crippen molar-refractivity contribution in [1.82, 2.24) is 9.97 Å². The summed E-state index contributed by atoms with van der Waals surface area (Å²) in [5, 5.41) is 2.60. The smallest absolute Gasteiger partial charge is 0.0995 e.